The van der Waals surface area contributed by atoms with E-state index in [1.807, 2.05) is 60.7 Å². The summed E-state index contributed by atoms with van der Waals surface area (Å²) in [6, 6.07) is 24.3. The number of hydrogen-bond acceptors (Lipinski definition) is 2. The van der Waals surface area contributed by atoms with E-state index in [1.165, 1.54) is 0 Å². The molecule has 4 nitrogen and oxygen atoms in total. The summed E-state index contributed by atoms with van der Waals surface area (Å²) in [5, 5.41) is 9.95. The van der Waals surface area contributed by atoms with Crippen molar-refractivity contribution < 1.29 is 4.79 Å². The van der Waals surface area contributed by atoms with E-state index in [0.29, 0.717) is 33.6 Å². The highest BCUT2D eigenvalue weighted by molar-refractivity contribution is 7.80. The highest BCUT2D eigenvalue weighted by Crippen LogP contribution is 2.21. The van der Waals surface area contributed by atoms with Crippen molar-refractivity contribution in [2.75, 3.05) is 10.6 Å². The fourth-order valence-corrected chi connectivity index (χ4v) is 2.90. The van der Waals surface area contributed by atoms with Gasteiger partial charge in [-0.05, 0) is 42.0 Å². The predicted molar refractivity (Wildman–Crippen MR) is 115 cm³/mol. The minimum atomic E-state index is -0.178. The number of hydrogen-bond donors (Lipinski definition) is 3. The summed E-state index contributed by atoms with van der Waals surface area (Å²) in [7, 11) is 0. The molecule has 27 heavy (non-hydrogen) atoms. The molecule has 3 aromatic carbocycles. The first-order chi connectivity index (χ1) is 13.1. The Morgan fingerprint density at radius 2 is 1.41 bits per heavy atom. The number of thiocarbonyl (C=S) groups is 1. The lowest BCUT2D eigenvalue weighted by molar-refractivity contribution is 0.0952. The Labute approximate surface area is 168 Å². The molecule has 0 atom stereocenters. The number of benzene rings is 3. The van der Waals surface area contributed by atoms with Crippen molar-refractivity contribution in [3.05, 3.63) is 95.0 Å². The molecule has 6 heteroatoms. The zero-order chi connectivity index (χ0) is 19.1. The van der Waals surface area contributed by atoms with Gasteiger partial charge in [-0.1, -0.05) is 66.2 Å². The summed E-state index contributed by atoms with van der Waals surface area (Å²) in [4.78, 5) is 12.6. The largest absolute Gasteiger partial charge is 0.348 e. The topological polar surface area (TPSA) is 53.2 Å². The van der Waals surface area contributed by atoms with Crippen LogP contribution in [-0.4, -0.2) is 11.0 Å². The van der Waals surface area contributed by atoms with Crippen LogP contribution in [0.4, 0.5) is 11.4 Å². The molecule has 0 spiro atoms. The van der Waals surface area contributed by atoms with Crippen LogP contribution in [0.3, 0.4) is 0 Å². The summed E-state index contributed by atoms with van der Waals surface area (Å²) in [5.41, 5.74) is 2.86. The van der Waals surface area contributed by atoms with Gasteiger partial charge >= 0.3 is 0 Å². The molecule has 0 bridgehead atoms. The van der Waals surface area contributed by atoms with Gasteiger partial charge in [0.15, 0.2) is 5.11 Å². The molecule has 0 aliphatic rings. The fraction of sp³-hybridized carbons (Fsp3) is 0.0476. The van der Waals surface area contributed by atoms with Crippen LogP contribution < -0.4 is 16.0 Å². The van der Waals surface area contributed by atoms with Crippen molar-refractivity contribution in [2.45, 2.75) is 6.54 Å². The number of anilines is 2. The number of carbonyl (C=O) groups is 1. The standard InChI is InChI=1S/C21H18ClN3OS/c22-17-11-5-7-13-19(17)25-21(27)24-18-12-6-4-10-16(18)20(26)23-14-15-8-2-1-3-9-15/h1-13H,14H2,(H,23,26)(H2,24,25,27). The molecule has 0 heterocycles. The van der Waals surface area contributed by atoms with Crippen molar-refractivity contribution in [1.29, 1.82) is 0 Å². The van der Waals surface area contributed by atoms with Gasteiger partial charge in [-0.2, -0.15) is 0 Å². The first-order valence-corrected chi connectivity index (χ1v) is 9.16. The minimum absolute atomic E-state index is 0.178. The van der Waals surface area contributed by atoms with Gasteiger partial charge in [0.05, 0.1) is 22.0 Å². The zero-order valence-corrected chi connectivity index (χ0v) is 16.0. The molecule has 0 fully saturated rings. The van der Waals surface area contributed by atoms with Gasteiger partial charge in [-0.3, -0.25) is 4.79 Å². The molecular formula is C21H18ClN3OS. The highest BCUT2D eigenvalue weighted by atomic mass is 35.5. The van der Waals surface area contributed by atoms with Crippen LogP contribution in [0.15, 0.2) is 78.9 Å². The number of amides is 1. The van der Waals surface area contributed by atoms with Gasteiger partial charge in [0, 0.05) is 6.54 Å². The molecule has 0 unspecified atom stereocenters. The molecule has 3 aromatic rings. The van der Waals surface area contributed by atoms with Gasteiger partial charge in [0.1, 0.15) is 0 Å². The van der Waals surface area contributed by atoms with Crippen LogP contribution in [0.5, 0.6) is 0 Å². The lowest BCUT2D eigenvalue weighted by Gasteiger charge is -2.15. The quantitative estimate of drug-likeness (QED) is 0.527. The molecule has 0 saturated heterocycles. The molecule has 0 radical (unpaired) electrons. The Balaban J connectivity index is 1.67. The molecule has 1 amide bonds. The van der Waals surface area contributed by atoms with Crippen molar-refractivity contribution in [3.63, 3.8) is 0 Å². The van der Waals surface area contributed by atoms with Gasteiger partial charge in [0.2, 0.25) is 0 Å². The number of rotatable bonds is 5. The molecule has 0 aliphatic carbocycles. The Hall–Kier alpha value is -2.89. The monoisotopic (exact) mass is 395 g/mol. The Morgan fingerprint density at radius 3 is 2.15 bits per heavy atom. The van der Waals surface area contributed by atoms with E-state index in [0.717, 1.165) is 5.56 Å². The van der Waals surface area contributed by atoms with E-state index in [4.69, 9.17) is 23.8 Å². The molecule has 0 saturated carbocycles. The number of nitrogens with one attached hydrogen (secondary N) is 3. The second-order valence-electron chi connectivity index (χ2n) is 5.77. The third kappa shape index (κ3) is 5.29. The van der Waals surface area contributed by atoms with Crippen LogP contribution in [0.2, 0.25) is 5.02 Å². The molecule has 3 rings (SSSR count). The zero-order valence-electron chi connectivity index (χ0n) is 14.4. The van der Waals surface area contributed by atoms with E-state index in [-0.39, 0.29) is 5.91 Å². The fourth-order valence-electron chi connectivity index (χ4n) is 2.50. The second kappa shape index (κ2) is 9.16. The van der Waals surface area contributed by atoms with Crippen LogP contribution in [0, 0.1) is 0 Å². The SMILES string of the molecule is O=C(NCc1ccccc1)c1ccccc1NC(=S)Nc1ccccc1Cl. The number of carbonyl (C=O) groups excluding carboxylic acids is 1. The summed E-state index contributed by atoms with van der Waals surface area (Å²) >= 11 is 11.5. The van der Waals surface area contributed by atoms with E-state index in [1.54, 1.807) is 18.2 Å². The summed E-state index contributed by atoms with van der Waals surface area (Å²) in [6.07, 6.45) is 0. The maximum atomic E-state index is 12.6. The van der Waals surface area contributed by atoms with E-state index in [2.05, 4.69) is 16.0 Å². The highest BCUT2D eigenvalue weighted by Gasteiger charge is 2.12. The van der Waals surface area contributed by atoms with Gasteiger partial charge in [-0.25, -0.2) is 0 Å². The molecule has 0 aromatic heterocycles. The van der Waals surface area contributed by atoms with E-state index in [9.17, 15) is 4.79 Å². The Kier molecular flexibility index (Phi) is 6.41. The maximum absolute atomic E-state index is 12.6. The molecular weight excluding hydrogens is 378 g/mol. The lowest BCUT2D eigenvalue weighted by Crippen LogP contribution is -2.26. The maximum Gasteiger partial charge on any atom is 0.253 e. The van der Waals surface area contributed by atoms with E-state index >= 15 is 0 Å². The van der Waals surface area contributed by atoms with Crippen molar-refractivity contribution in [1.82, 2.24) is 5.32 Å². The number of para-hydroxylation sites is 2. The number of halogens is 1. The minimum Gasteiger partial charge on any atom is -0.348 e. The average molecular weight is 396 g/mol. The summed E-state index contributed by atoms with van der Waals surface area (Å²) < 4.78 is 0. The van der Waals surface area contributed by atoms with Gasteiger partial charge in [-0.15, -0.1) is 0 Å². The van der Waals surface area contributed by atoms with Crippen LogP contribution in [-0.2, 0) is 6.54 Å². The Bertz CT molecular complexity index is 947. The molecule has 136 valence electrons. The van der Waals surface area contributed by atoms with Crippen LogP contribution >= 0.6 is 23.8 Å². The summed E-state index contributed by atoms with van der Waals surface area (Å²) in [5.74, 6) is -0.178. The van der Waals surface area contributed by atoms with E-state index < -0.39 is 0 Å². The summed E-state index contributed by atoms with van der Waals surface area (Å²) in [6.45, 7) is 0.455. The third-order valence-corrected chi connectivity index (χ3v) is 4.37. The van der Waals surface area contributed by atoms with Crippen molar-refractivity contribution in [2.24, 2.45) is 0 Å². The average Bonchev–Trinajstić information content (AvgIpc) is 2.69. The van der Waals surface area contributed by atoms with Gasteiger partial charge in [0.25, 0.3) is 5.91 Å². The Morgan fingerprint density at radius 1 is 0.815 bits per heavy atom. The van der Waals surface area contributed by atoms with Crippen molar-refractivity contribution in [3.8, 4) is 0 Å². The smallest absolute Gasteiger partial charge is 0.253 e. The van der Waals surface area contributed by atoms with Crippen molar-refractivity contribution >= 4 is 46.2 Å². The second-order valence-corrected chi connectivity index (χ2v) is 6.59. The predicted octanol–water partition coefficient (Wildman–Crippen LogP) is 5.08. The third-order valence-electron chi connectivity index (χ3n) is 3.84. The molecule has 3 N–H and O–H groups in total. The van der Waals surface area contributed by atoms with Gasteiger partial charge < -0.3 is 16.0 Å². The lowest BCUT2D eigenvalue weighted by atomic mass is 10.1. The first kappa shape index (κ1) is 18.9. The van der Waals surface area contributed by atoms with Crippen LogP contribution in [0.25, 0.3) is 0 Å². The van der Waals surface area contributed by atoms with Crippen LogP contribution in [0.1, 0.15) is 15.9 Å². The molecule has 0 aliphatic heterocycles. The first-order valence-electron chi connectivity index (χ1n) is 8.37. The normalized spacial score (nSPS) is 10.1.